The van der Waals surface area contributed by atoms with Gasteiger partial charge in [0.15, 0.2) is 0 Å². The first kappa shape index (κ1) is 17.1. The van der Waals surface area contributed by atoms with Crippen LogP contribution in [0.3, 0.4) is 0 Å². The molecule has 6 heteroatoms. The summed E-state index contributed by atoms with van der Waals surface area (Å²) in [5.74, 6) is -0.353. The summed E-state index contributed by atoms with van der Waals surface area (Å²) < 4.78 is 45.9. The van der Waals surface area contributed by atoms with Gasteiger partial charge in [-0.25, -0.2) is 4.39 Å². The van der Waals surface area contributed by atoms with Gasteiger partial charge < -0.3 is 4.74 Å². The highest BCUT2D eigenvalue weighted by molar-refractivity contribution is 7.85. The predicted octanol–water partition coefficient (Wildman–Crippen LogP) is 2.83. The summed E-state index contributed by atoms with van der Waals surface area (Å²) >= 11 is 0. The summed E-state index contributed by atoms with van der Waals surface area (Å²) in [7, 11) is -3.56. The number of ether oxygens (including phenoxy) is 1. The van der Waals surface area contributed by atoms with Gasteiger partial charge in [-0.2, -0.15) is 8.42 Å². The second-order valence-electron chi connectivity index (χ2n) is 4.91. The smallest absolute Gasteiger partial charge is 0.264 e. The van der Waals surface area contributed by atoms with Crippen molar-refractivity contribution in [1.29, 1.82) is 0 Å². The predicted molar refractivity (Wildman–Crippen MR) is 75.4 cm³/mol. The van der Waals surface area contributed by atoms with Gasteiger partial charge >= 0.3 is 0 Å². The van der Waals surface area contributed by atoms with Crippen molar-refractivity contribution in [3.05, 3.63) is 35.6 Å². The van der Waals surface area contributed by atoms with Crippen molar-refractivity contribution < 1.29 is 21.7 Å². The van der Waals surface area contributed by atoms with E-state index < -0.39 is 15.7 Å². The molecule has 0 spiro atoms. The average molecular weight is 304 g/mol. The van der Waals surface area contributed by atoms with Crippen LogP contribution in [-0.2, 0) is 24.6 Å². The molecule has 1 atom stereocenters. The lowest BCUT2D eigenvalue weighted by Crippen LogP contribution is -2.33. The maximum Gasteiger partial charge on any atom is 0.264 e. The van der Waals surface area contributed by atoms with Crippen molar-refractivity contribution in [3.63, 3.8) is 0 Å². The summed E-state index contributed by atoms with van der Waals surface area (Å²) in [6.45, 7) is 4.12. The monoisotopic (exact) mass is 304 g/mol. The summed E-state index contributed by atoms with van der Waals surface area (Å²) in [5, 5.41) is 0. The van der Waals surface area contributed by atoms with Crippen LogP contribution >= 0.6 is 0 Å². The molecule has 4 nitrogen and oxygen atoms in total. The van der Waals surface area contributed by atoms with Crippen LogP contribution in [0.2, 0.25) is 0 Å². The molecule has 0 saturated carbocycles. The third-order valence-corrected chi connectivity index (χ3v) is 3.47. The van der Waals surface area contributed by atoms with Gasteiger partial charge in [0.05, 0.1) is 12.9 Å². The number of rotatable bonds is 8. The van der Waals surface area contributed by atoms with E-state index in [1.807, 2.05) is 6.92 Å². The van der Waals surface area contributed by atoms with Crippen LogP contribution in [0.15, 0.2) is 24.3 Å². The average Bonchev–Trinajstić information content (AvgIpc) is 2.37. The van der Waals surface area contributed by atoms with E-state index in [-0.39, 0.29) is 12.4 Å². The van der Waals surface area contributed by atoms with Crippen LogP contribution in [0.4, 0.5) is 4.39 Å². The van der Waals surface area contributed by atoms with Gasteiger partial charge in [0.1, 0.15) is 11.4 Å². The molecule has 0 aliphatic carbocycles. The fraction of sp³-hybridized carbons (Fsp3) is 0.571. The van der Waals surface area contributed by atoms with Gasteiger partial charge in [-0.15, -0.1) is 0 Å². The first-order chi connectivity index (χ1) is 9.27. The van der Waals surface area contributed by atoms with E-state index in [0.29, 0.717) is 12.2 Å². The maximum absolute atomic E-state index is 13.0. The van der Waals surface area contributed by atoms with E-state index in [1.165, 1.54) is 12.1 Å². The SMILES string of the molecule is CCCCOC(C)(COS(C)(=O)=O)c1ccc(F)cc1. The number of hydrogen-bond acceptors (Lipinski definition) is 4. The minimum atomic E-state index is -3.56. The second-order valence-corrected chi connectivity index (χ2v) is 6.55. The Labute approximate surface area is 120 Å². The van der Waals surface area contributed by atoms with Crippen LogP contribution in [0, 0.1) is 5.82 Å². The summed E-state index contributed by atoms with van der Waals surface area (Å²) in [4.78, 5) is 0. The summed E-state index contributed by atoms with van der Waals surface area (Å²) in [6.07, 6.45) is 2.81. The summed E-state index contributed by atoms with van der Waals surface area (Å²) in [6, 6.07) is 5.79. The van der Waals surface area contributed by atoms with E-state index in [2.05, 4.69) is 0 Å². The molecule has 1 rings (SSSR count). The normalized spacial score (nSPS) is 15.0. The number of halogens is 1. The van der Waals surface area contributed by atoms with Crippen LogP contribution in [0.1, 0.15) is 32.3 Å². The zero-order chi connectivity index (χ0) is 15.2. The van der Waals surface area contributed by atoms with Crippen molar-refractivity contribution in [2.75, 3.05) is 19.5 Å². The fourth-order valence-electron chi connectivity index (χ4n) is 1.67. The molecule has 1 aromatic rings. The molecule has 0 aliphatic heterocycles. The van der Waals surface area contributed by atoms with Crippen LogP contribution in [-0.4, -0.2) is 27.9 Å². The molecular formula is C14H21FO4S. The molecule has 0 radical (unpaired) electrons. The van der Waals surface area contributed by atoms with Crippen LogP contribution in [0.25, 0.3) is 0 Å². The Morgan fingerprint density at radius 2 is 1.85 bits per heavy atom. The van der Waals surface area contributed by atoms with Gasteiger partial charge in [0, 0.05) is 6.61 Å². The largest absolute Gasteiger partial charge is 0.368 e. The van der Waals surface area contributed by atoms with Crippen molar-refractivity contribution in [3.8, 4) is 0 Å². The molecule has 20 heavy (non-hydrogen) atoms. The Morgan fingerprint density at radius 1 is 1.25 bits per heavy atom. The fourth-order valence-corrected chi connectivity index (χ4v) is 2.11. The van der Waals surface area contributed by atoms with Crippen molar-refractivity contribution >= 4 is 10.1 Å². The Kier molecular flexibility index (Phi) is 6.10. The minimum Gasteiger partial charge on any atom is -0.368 e. The molecular weight excluding hydrogens is 283 g/mol. The van der Waals surface area contributed by atoms with Gasteiger partial charge in [0.25, 0.3) is 10.1 Å². The number of unbranched alkanes of at least 4 members (excludes halogenated alkanes) is 1. The van der Waals surface area contributed by atoms with E-state index in [0.717, 1.165) is 19.1 Å². The molecule has 0 saturated heterocycles. The lowest BCUT2D eigenvalue weighted by molar-refractivity contribution is -0.0650. The third kappa shape index (κ3) is 5.56. The Hall–Kier alpha value is -0.980. The molecule has 1 aromatic carbocycles. The number of benzene rings is 1. The highest BCUT2D eigenvalue weighted by Crippen LogP contribution is 2.27. The van der Waals surface area contributed by atoms with Crippen molar-refractivity contribution in [2.24, 2.45) is 0 Å². The topological polar surface area (TPSA) is 52.6 Å². The van der Waals surface area contributed by atoms with Crippen molar-refractivity contribution in [1.82, 2.24) is 0 Å². The van der Waals surface area contributed by atoms with Crippen LogP contribution < -0.4 is 0 Å². The second kappa shape index (κ2) is 7.15. The molecule has 0 N–H and O–H groups in total. The Bertz CT molecular complexity index is 512. The van der Waals surface area contributed by atoms with E-state index >= 15 is 0 Å². The zero-order valence-electron chi connectivity index (χ0n) is 12.1. The molecule has 0 fully saturated rings. The lowest BCUT2D eigenvalue weighted by atomic mass is 9.96. The van der Waals surface area contributed by atoms with Gasteiger partial charge in [-0.3, -0.25) is 4.18 Å². The molecule has 0 aliphatic rings. The van der Waals surface area contributed by atoms with Crippen LogP contribution in [0.5, 0.6) is 0 Å². The highest BCUT2D eigenvalue weighted by atomic mass is 32.2. The molecule has 0 amide bonds. The molecule has 114 valence electrons. The van der Waals surface area contributed by atoms with Gasteiger partial charge in [-0.1, -0.05) is 25.5 Å². The quantitative estimate of drug-likeness (QED) is 0.547. The first-order valence-corrected chi connectivity index (χ1v) is 8.33. The van der Waals surface area contributed by atoms with E-state index in [9.17, 15) is 12.8 Å². The van der Waals surface area contributed by atoms with E-state index in [4.69, 9.17) is 8.92 Å². The molecule has 0 aromatic heterocycles. The molecule has 0 bridgehead atoms. The Balaban J connectivity index is 2.90. The van der Waals surface area contributed by atoms with Gasteiger partial charge in [0.2, 0.25) is 0 Å². The molecule has 0 heterocycles. The third-order valence-electron chi connectivity index (χ3n) is 2.92. The standard InChI is InChI=1S/C14H21FO4S/c1-4-5-10-18-14(2,11-19-20(3,16)17)12-6-8-13(15)9-7-12/h6-9H,4-5,10-11H2,1-3H3. The molecule has 1 unspecified atom stereocenters. The first-order valence-electron chi connectivity index (χ1n) is 6.51. The zero-order valence-corrected chi connectivity index (χ0v) is 12.9. The summed E-state index contributed by atoms with van der Waals surface area (Å²) in [5.41, 5.74) is -0.245. The van der Waals surface area contributed by atoms with Gasteiger partial charge in [-0.05, 0) is 31.0 Å². The lowest BCUT2D eigenvalue weighted by Gasteiger charge is -2.30. The van der Waals surface area contributed by atoms with E-state index in [1.54, 1.807) is 19.1 Å². The maximum atomic E-state index is 13.0. The highest BCUT2D eigenvalue weighted by Gasteiger charge is 2.29. The Morgan fingerprint density at radius 3 is 2.35 bits per heavy atom. The minimum absolute atomic E-state index is 0.138. The van der Waals surface area contributed by atoms with Crippen molar-refractivity contribution in [2.45, 2.75) is 32.3 Å². The number of hydrogen-bond donors (Lipinski definition) is 0.